The molecule has 2 atom stereocenters. The van der Waals surface area contributed by atoms with Gasteiger partial charge in [0.25, 0.3) is 5.91 Å². The lowest BCUT2D eigenvalue weighted by atomic mass is 9.64. The highest BCUT2D eigenvalue weighted by Crippen LogP contribution is 2.42. The number of nitrogens with one attached hydrogen (secondary N) is 1. The lowest BCUT2D eigenvalue weighted by Gasteiger charge is -2.51. The van der Waals surface area contributed by atoms with Gasteiger partial charge in [-0.05, 0) is 24.5 Å². The second kappa shape index (κ2) is 5.64. The normalized spacial score (nSPS) is 23.7. The van der Waals surface area contributed by atoms with Gasteiger partial charge in [0.05, 0.1) is 6.10 Å². The number of carbonyl (C=O) groups excluding carboxylic acids is 1. The molecule has 2 unspecified atom stereocenters. The number of hydrogen-bond acceptors (Lipinski definition) is 4. The van der Waals surface area contributed by atoms with E-state index in [2.05, 4.69) is 24.1 Å². The van der Waals surface area contributed by atoms with Crippen molar-refractivity contribution >= 4 is 11.7 Å². The van der Waals surface area contributed by atoms with Gasteiger partial charge < -0.3 is 15.8 Å². The highest BCUT2D eigenvalue weighted by Gasteiger charge is 2.49. The molecule has 0 radical (unpaired) electrons. The summed E-state index contributed by atoms with van der Waals surface area (Å²) in [5.41, 5.74) is 7.15. The van der Waals surface area contributed by atoms with E-state index in [1.54, 1.807) is 13.2 Å². The van der Waals surface area contributed by atoms with Crippen molar-refractivity contribution in [2.24, 2.45) is 5.41 Å². The summed E-state index contributed by atoms with van der Waals surface area (Å²) in [6.07, 6.45) is 1.03. The zero-order valence-corrected chi connectivity index (χ0v) is 13.4. The molecule has 116 valence electrons. The van der Waals surface area contributed by atoms with Crippen molar-refractivity contribution in [3.63, 3.8) is 0 Å². The smallest absolute Gasteiger partial charge is 0.251 e. The maximum absolute atomic E-state index is 12.4. The Morgan fingerprint density at radius 3 is 2.67 bits per heavy atom. The van der Waals surface area contributed by atoms with Gasteiger partial charge in [-0.2, -0.15) is 0 Å². The number of ether oxygens (including phenoxy) is 1. The second-order valence-corrected chi connectivity index (χ2v) is 6.67. The summed E-state index contributed by atoms with van der Waals surface area (Å²) in [6.45, 7) is 8.27. The van der Waals surface area contributed by atoms with Gasteiger partial charge >= 0.3 is 0 Å². The number of nitrogen functional groups attached to an aromatic ring is 1. The molecule has 1 fully saturated rings. The number of carbonyl (C=O) groups is 1. The van der Waals surface area contributed by atoms with Crippen LogP contribution in [0.2, 0.25) is 0 Å². The van der Waals surface area contributed by atoms with E-state index >= 15 is 0 Å². The Balaban J connectivity index is 2.11. The molecule has 1 aromatic heterocycles. The summed E-state index contributed by atoms with van der Waals surface area (Å²) >= 11 is 0. The first kappa shape index (κ1) is 15.8. The Labute approximate surface area is 126 Å². The number of pyridine rings is 1. The van der Waals surface area contributed by atoms with Crippen molar-refractivity contribution in [3.8, 4) is 0 Å². The van der Waals surface area contributed by atoms with Gasteiger partial charge in [0.2, 0.25) is 0 Å². The average Bonchev–Trinajstić information content (AvgIpc) is 2.41. The minimum atomic E-state index is -0.0985. The Morgan fingerprint density at radius 1 is 1.48 bits per heavy atom. The van der Waals surface area contributed by atoms with Crippen LogP contribution >= 0.6 is 0 Å². The number of aromatic nitrogens is 1. The van der Waals surface area contributed by atoms with Gasteiger partial charge in [0.15, 0.2) is 0 Å². The van der Waals surface area contributed by atoms with Crippen molar-refractivity contribution in [3.05, 3.63) is 23.4 Å². The van der Waals surface area contributed by atoms with Crippen molar-refractivity contribution in [1.82, 2.24) is 10.3 Å². The highest BCUT2D eigenvalue weighted by atomic mass is 16.5. The molecule has 1 aliphatic rings. The van der Waals surface area contributed by atoms with E-state index in [4.69, 9.17) is 10.5 Å². The molecule has 0 saturated heterocycles. The molecule has 5 nitrogen and oxygen atoms in total. The zero-order chi connectivity index (χ0) is 15.8. The van der Waals surface area contributed by atoms with Gasteiger partial charge in [-0.25, -0.2) is 4.98 Å². The largest absolute Gasteiger partial charge is 0.384 e. The molecule has 0 aromatic carbocycles. The van der Waals surface area contributed by atoms with Gasteiger partial charge in [-0.1, -0.05) is 27.7 Å². The van der Waals surface area contributed by atoms with E-state index in [1.807, 2.05) is 19.9 Å². The van der Waals surface area contributed by atoms with Crippen molar-refractivity contribution in [2.45, 2.75) is 52.2 Å². The van der Waals surface area contributed by atoms with E-state index in [0.29, 0.717) is 11.4 Å². The minimum absolute atomic E-state index is 0.0517. The standard InChI is InChI=1S/C16H25N3O2/c1-9(2)11-6-10(7-14(17)18-11)15(20)19-12-8-13(21-5)16(12,3)4/h6-7,9,12-13H,8H2,1-5H3,(H2,17,18)(H,19,20). The number of anilines is 1. The topological polar surface area (TPSA) is 77.2 Å². The maximum Gasteiger partial charge on any atom is 0.251 e. The van der Waals surface area contributed by atoms with Gasteiger partial charge in [-0.3, -0.25) is 4.79 Å². The molecule has 21 heavy (non-hydrogen) atoms. The molecule has 0 aliphatic heterocycles. The van der Waals surface area contributed by atoms with E-state index in [9.17, 15) is 4.79 Å². The molecule has 0 spiro atoms. The first-order chi connectivity index (χ1) is 9.75. The van der Waals surface area contributed by atoms with Gasteiger partial charge in [-0.15, -0.1) is 0 Å². The van der Waals surface area contributed by atoms with Crippen LogP contribution in [-0.2, 0) is 4.74 Å². The molecule has 1 heterocycles. The Kier molecular flexibility index (Phi) is 4.23. The predicted octanol–water partition coefficient (Wildman–Crippen LogP) is 2.33. The third-order valence-corrected chi connectivity index (χ3v) is 4.49. The van der Waals surface area contributed by atoms with Crippen LogP contribution in [0.4, 0.5) is 5.82 Å². The molecule has 3 N–H and O–H groups in total. The summed E-state index contributed by atoms with van der Waals surface area (Å²) in [5, 5.41) is 3.08. The monoisotopic (exact) mass is 291 g/mol. The molecule has 1 aliphatic carbocycles. The molecular formula is C16H25N3O2. The maximum atomic E-state index is 12.4. The van der Waals surface area contributed by atoms with Crippen molar-refractivity contribution < 1.29 is 9.53 Å². The van der Waals surface area contributed by atoms with Crippen LogP contribution in [0.1, 0.15) is 56.1 Å². The fourth-order valence-corrected chi connectivity index (χ4v) is 2.77. The van der Waals surface area contributed by atoms with Crippen molar-refractivity contribution in [1.29, 1.82) is 0 Å². The summed E-state index contributed by atoms with van der Waals surface area (Å²) in [6, 6.07) is 3.56. The Bertz CT molecular complexity index is 540. The van der Waals surface area contributed by atoms with E-state index in [-0.39, 0.29) is 29.4 Å². The van der Waals surface area contributed by atoms with E-state index in [1.165, 1.54) is 0 Å². The Morgan fingerprint density at radius 2 is 2.14 bits per heavy atom. The molecule has 5 heteroatoms. The summed E-state index contributed by atoms with van der Waals surface area (Å²) in [7, 11) is 1.71. The lowest BCUT2D eigenvalue weighted by molar-refractivity contribution is -0.0942. The number of amides is 1. The quantitative estimate of drug-likeness (QED) is 0.892. The number of hydrogen-bond donors (Lipinski definition) is 2. The van der Waals surface area contributed by atoms with E-state index < -0.39 is 0 Å². The highest BCUT2D eigenvalue weighted by molar-refractivity contribution is 5.95. The van der Waals surface area contributed by atoms with Gasteiger partial charge in [0.1, 0.15) is 5.82 Å². The molecule has 1 aromatic rings. The van der Waals surface area contributed by atoms with Gasteiger partial charge in [0, 0.05) is 29.8 Å². The third-order valence-electron chi connectivity index (χ3n) is 4.49. The van der Waals surface area contributed by atoms with Crippen LogP contribution in [0.15, 0.2) is 12.1 Å². The van der Waals surface area contributed by atoms with Crippen LogP contribution < -0.4 is 11.1 Å². The molecule has 0 bridgehead atoms. The summed E-state index contributed by atoms with van der Waals surface area (Å²) < 4.78 is 5.41. The Hall–Kier alpha value is -1.62. The number of rotatable bonds is 4. The summed E-state index contributed by atoms with van der Waals surface area (Å²) in [5.74, 6) is 0.519. The number of methoxy groups -OCH3 is 1. The fraction of sp³-hybridized carbons (Fsp3) is 0.625. The second-order valence-electron chi connectivity index (χ2n) is 6.67. The molecule has 1 saturated carbocycles. The first-order valence-electron chi connectivity index (χ1n) is 7.36. The lowest BCUT2D eigenvalue weighted by Crippen LogP contribution is -2.61. The van der Waals surface area contributed by atoms with Crippen LogP contribution in [0, 0.1) is 5.41 Å². The van der Waals surface area contributed by atoms with Crippen molar-refractivity contribution in [2.75, 3.05) is 12.8 Å². The third kappa shape index (κ3) is 3.02. The van der Waals surface area contributed by atoms with Crippen LogP contribution in [0.3, 0.4) is 0 Å². The van der Waals surface area contributed by atoms with Crippen LogP contribution in [-0.4, -0.2) is 30.1 Å². The zero-order valence-electron chi connectivity index (χ0n) is 13.4. The molecule has 2 rings (SSSR count). The first-order valence-corrected chi connectivity index (χ1v) is 7.36. The van der Waals surface area contributed by atoms with Crippen LogP contribution in [0.5, 0.6) is 0 Å². The fourth-order valence-electron chi connectivity index (χ4n) is 2.77. The number of nitrogens with zero attached hydrogens (tertiary/aromatic N) is 1. The SMILES string of the molecule is COC1CC(NC(=O)c2cc(N)nc(C(C)C)c2)C1(C)C. The van der Waals surface area contributed by atoms with E-state index in [0.717, 1.165) is 12.1 Å². The summed E-state index contributed by atoms with van der Waals surface area (Å²) in [4.78, 5) is 16.7. The molecule has 1 amide bonds. The minimum Gasteiger partial charge on any atom is -0.384 e. The molecular weight excluding hydrogens is 266 g/mol. The predicted molar refractivity (Wildman–Crippen MR) is 83.2 cm³/mol. The average molecular weight is 291 g/mol. The number of nitrogens with two attached hydrogens (primary N) is 1. The van der Waals surface area contributed by atoms with Crippen LogP contribution in [0.25, 0.3) is 0 Å².